The Balaban J connectivity index is 2.50. The summed E-state index contributed by atoms with van der Waals surface area (Å²) in [5.74, 6) is 2.71. The maximum absolute atomic E-state index is 6.19. The quantitative estimate of drug-likeness (QED) is 0.412. The Kier molecular flexibility index (Phi) is 8.74. The van der Waals surface area contributed by atoms with Crippen molar-refractivity contribution in [3.8, 4) is 17.2 Å². The fraction of sp³-hybridized carbons (Fsp3) is 0.714. The third-order valence-electron chi connectivity index (χ3n) is 5.47. The molecule has 0 N–H and O–H groups in total. The Hall–Kier alpha value is -0.581. The van der Waals surface area contributed by atoms with Gasteiger partial charge in [0.15, 0.2) is 0 Å². The van der Waals surface area contributed by atoms with Gasteiger partial charge in [0.2, 0.25) is 0 Å². The van der Waals surface area contributed by atoms with Crippen molar-refractivity contribution >= 4 is 22.0 Å². The Morgan fingerprint density at radius 2 is 1.36 bits per heavy atom. The molecule has 0 amide bonds. The molecular formula is C21H36O3Sn. The number of unbranched alkanes of at least 4 members (excludes halogenated alkanes) is 3. The SMILES string of the molecule is CCC[CH2][Sn]([CH2]CCC)([CH2]CCC)[c]1ccc(OC)c2c1OCCO2. The summed E-state index contributed by atoms with van der Waals surface area (Å²) in [6.07, 6.45) is 7.91. The molecular weight excluding hydrogens is 419 g/mol. The Morgan fingerprint density at radius 3 is 1.84 bits per heavy atom. The normalized spacial score (nSPS) is 13.8. The molecule has 0 aliphatic carbocycles. The molecule has 0 radical (unpaired) electrons. The summed E-state index contributed by atoms with van der Waals surface area (Å²) in [5, 5.41) is 0. The molecule has 0 saturated carbocycles. The van der Waals surface area contributed by atoms with Gasteiger partial charge in [-0.15, -0.1) is 0 Å². The van der Waals surface area contributed by atoms with E-state index in [0.29, 0.717) is 13.2 Å². The Bertz CT molecular complexity index is 508. The van der Waals surface area contributed by atoms with Crippen LogP contribution in [0.2, 0.25) is 13.3 Å². The molecule has 4 heteroatoms. The molecule has 0 aromatic heterocycles. The van der Waals surface area contributed by atoms with E-state index in [4.69, 9.17) is 14.2 Å². The van der Waals surface area contributed by atoms with Crippen LogP contribution in [0.25, 0.3) is 0 Å². The monoisotopic (exact) mass is 456 g/mol. The molecule has 0 spiro atoms. The van der Waals surface area contributed by atoms with Crippen LogP contribution in [0.5, 0.6) is 17.2 Å². The van der Waals surface area contributed by atoms with Crippen molar-refractivity contribution in [2.45, 2.75) is 72.6 Å². The first-order valence-corrected chi connectivity index (χ1v) is 17.7. The second kappa shape index (κ2) is 10.5. The Labute approximate surface area is 158 Å². The summed E-state index contributed by atoms with van der Waals surface area (Å²) in [7, 11) is 1.72. The fourth-order valence-electron chi connectivity index (χ4n) is 4.01. The first-order chi connectivity index (χ1) is 12.2. The van der Waals surface area contributed by atoms with E-state index in [2.05, 4.69) is 32.9 Å². The van der Waals surface area contributed by atoms with Crippen LogP contribution in [-0.4, -0.2) is 38.7 Å². The molecule has 0 saturated heterocycles. The molecule has 1 aliphatic rings. The maximum atomic E-state index is 6.19. The van der Waals surface area contributed by atoms with Crippen molar-refractivity contribution in [1.29, 1.82) is 0 Å². The van der Waals surface area contributed by atoms with E-state index >= 15 is 0 Å². The van der Waals surface area contributed by atoms with E-state index in [9.17, 15) is 0 Å². The molecule has 2 rings (SSSR count). The summed E-state index contributed by atoms with van der Waals surface area (Å²) in [5.41, 5.74) is 0. The molecule has 25 heavy (non-hydrogen) atoms. The van der Waals surface area contributed by atoms with Gasteiger partial charge in [-0.1, -0.05) is 0 Å². The standard InChI is InChI=1S/C9H9O3.3C4H9.Sn/c1-10-7-3-2-4-8-9(7)12-6-5-11-8;3*1-3-4-2;/h2-3H,5-6H2,1H3;3*1,3-4H2,2H3;. The minimum atomic E-state index is -2.53. The van der Waals surface area contributed by atoms with Gasteiger partial charge in [-0.3, -0.25) is 0 Å². The number of ether oxygens (including phenoxy) is 3. The van der Waals surface area contributed by atoms with Crippen LogP contribution < -0.4 is 17.8 Å². The van der Waals surface area contributed by atoms with E-state index in [1.54, 1.807) is 10.7 Å². The van der Waals surface area contributed by atoms with E-state index in [1.165, 1.54) is 51.8 Å². The predicted octanol–water partition coefficient (Wildman–Crippen LogP) is 5.52. The van der Waals surface area contributed by atoms with Gasteiger partial charge in [0.25, 0.3) is 0 Å². The third-order valence-corrected chi connectivity index (χ3v) is 21.1. The summed E-state index contributed by atoms with van der Waals surface area (Å²) in [4.78, 5) is 0. The van der Waals surface area contributed by atoms with Crippen molar-refractivity contribution in [3.05, 3.63) is 12.1 Å². The number of methoxy groups -OCH3 is 1. The predicted molar refractivity (Wildman–Crippen MR) is 109 cm³/mol. The molecule has 0 unspecified atom stereocenters. The summed E-state index contributed by atoms with van der Waals surface area (Å²) in [6, 6.07) is 4.46. The van der Waals surface area contributed by atoms with Crippen LogP contribution in [0, 0.1) is 0 Å². The molecule has 1 aliphatic heterocycles. The summed E-state index contributed by atoms with van der Waals surface area (Å²) in [6.45, 7) is 8.23. The van der Waals surface area contributed by atoms with Gasteiger partial charge in [0, 0.05) is 0 Å². The first kappa shape index (κ1) is 20.7. The van der Waals surface area contributed by atoms with Crippen LogP contribution in [0.4, 0.5) is 0 Å². The van der Waals surface area contributed by atoms with E-state index in [0.717, 1.165) is 17.2 Å². The molecule has 0 bridgehead atoms. The van der Waals surface area contributed by atoms with Gasteiger partial charge in [-0.05, 0) is 0 Å². The summed E-state index contributed by atoms with van der Waals surface area (Å²) < 4.78 is 23.6. The molecule has 1 aromatic rings. The van der Waals surface area contributed by atoms with Gasteiger partial charge in [-0.2, -0.15) is 0 Å². The zero-order valence-electron chi connectivity index (χ0n) is 16.7. The number of benzene rings is 1. The van der Waals surface area contributed by atoms with Crippen LogP contribution in [-0.2, 0) is 0 Å². The molecule has 1 heterocycles. The van der Waals surface area contributed by atoms with Crippen molar-refractivity contribution < 1.29 is 14.2 Å². The average Bonchev–Trinajstić information content (AvgIpc) is 2.67. The van der Waals surface area contributed by atoms with Gasteiger partial charge >= 0.3 is 158 Å². The van der Waals surface area contributed by atoms with Crippen molar-refractivity contribution in [3.63, 3.8) is 0 Å². The van der Waals surface area contributed by atoms with E-state index in [1.807, 2.05) is 0 Å². The van der Waals surface area contributed by atoms with E-state index < -0.39 is 18.4 Å². The van der Waals surface area contributed by atoms with Gasteiger partial charge in [0.05, 0.1) is 0 Å². The topological polar surface area (TPSA) is 27.7 Å². The Morgan fingerprint density at radius 1 is 0.840 bits per heavy atom. The average molecular weight is 455 g/mol. The van der Waals surface area contributed by atoms with Gasteiger partial charge in [0.1, 0.15) is 0 Å². The van der Waals surface area contributed by atoms with Gasteiger partial charge < -0.3 is 0 Å². The van der Waals surface area contributed by atoms with Crippen LogP contribution in [0.15, 0.2) is 12.1 Å². The number of rotatable bonds is 11. The van der Waals surface area contributed by atoms with Crippen molar-refractivity contribution in [2.75, 3.05) is 20.3 Å². The molecule has 0 fully saturated rings. The zero-order valence-corrected chi connectivity index (χ0v) is 19.5. The second-order valence-electron chi connectivity index (χ2n) is 7.26. The molecule has 3 nitrogen and oxygen atoms in total. The van der Waals surface area contributed by atoms with Gasteiger partial charge in [-0.25, -0.2) is 0 Å². The van der Waals surface area contributed by atoms with Crippen LogP contribution in [0.1, 0.15) is 59.3 Å². The number of hydrogen-bond acceptors (Lipinski definition) is 3. The fourth-order valence-corrected chi connectivity index (χ4v) is 20.4. The second-order valence-corrected chi connectivity index (χ2v) is 20.4. The van der Waals surface area contributed by atoms with Crippen molar-refractivity contribution in [1.82, 2.24) is 0 Å². The van der Waals surface area contributed by atoms with Crippen LogP contribution >= 0.6 is 0 Å². The summed E-state index contributed by atoms with van der Waals surface area (Å²) >= 11 is -2.53. The molecule has 1 aromatic carbocycles. The number of fused-ring (bicyclic) bond motifs is 1. The molecule has 0 atom stereocenters. The first-order valence-electron chi connectivity index (χ1n) is 10.2. The molecule has 142 valence electrons. The van der Waals surface area contributed by atoms with Crippen LogP contribution in [0.3, 0.4) is 0 Å². The zero-order chi connectivity index (χ0) is 18.1. The number of hydrogen-bond donors (Lipinski definition) is 0. The van der Waals surface area contributed by atoms with E-state index in [-0.39, 0.29) is 0 Å². The minimum absolute atomic E-state index is 0.619. The third kappa shape index (κ3) is 4.99. The van der Waals surface area contributed by atoms with Crippen molar-refractivity contribution in [2.24, 2.45) is 0 Å².